The molecule has 5 heteroatoms. The fourth-order valence-corrected chi connectivity index (χ4v) is 1.02. The molecule has 0 fully saturated rings. The third-order valence-corrected chi connectivity index (χ3v) is 1.60. The van der Waals surface area contributed by atoms with E-state index in [-0.39, 0.29) is 18.1 Å². The number of hydrogen-bond acceptors (Lipinski definition) is 3. The number of aromatic amines is 1. The highest BCUT2D eigenvalue weighted by Crippen LogP contribution is 1.92. The second-order valence-corrected chi connectivity index (χ2v) is 2.65. The Morgan fingerprint density at radius 1 is 1.69 bits per heavy atom. The number of nitrogens with one attached hydrogen (secondary N) is 1. The molecule has 1 rings (SSSR count). The molecule has 0 amide bonds. The first-order valence-corrected chi connectivity index (χ1v) is 4.05. The quantitative estimate of drug-likeness (QED) is 0.675. The van der Waals surface area contributed by atoms with Crippen molar-refractivity contribution >= 4 is 5.97 Å². The van der Waals surface area contributed by atoms with E-state index in [1.165, 1.54) is 10.7 Å². The van der Waals surface area contributed by atoms with E-state index in [1.807, 2.05) is 0 Å². The molecule has 1 heterocycles. The van der Waals surface area contributed by atoms with Gasteiger partial charge in [0.2, 0.25) is 0 Å². The molecule has 5 nitrogen and oxygen atoms in total. The maximum atomic E-state index is 11.0. The molecule has 0 aliphatic carbocycles. The number of carbonyl (C=O) groups is 1. The zero-order valence-corrected chi connectivity index (χ0v) is 7.66. The summed E-state index contributed by atoms with van der Waals surface area (Å²) in [5.41, 5.74) is 0.514. The van der Waals surface area contributed by atoms with Crippen molar-refractivity contribution in [3.05, 3.63) is 22.1 Å². The predicted octanol–water partition coefficient (Wildman–Crippen LogP) is 0.0479. The van der Waals surface area contributed by atoms with Crippen molar-refractivity contribution < 1.29 is 9.53 Å². The van der Waals surface area contributed by atoms with Crippen molar-refractivity contribution in [2.75, 3.05) is 6.61 Å². The minimum Gasteiger partial charge on any atom is -0.465 e. The molecular weight excluding hydrogens is 172 g/mol. The number of aromatic nitrogens is 2. The van der Waals surface area contributed by atoms with Gasteiger partial charge in [-0.15, -0.1) is 0 Å². The summed E-state index contributed by atoms with van der Waals surface area (Å²) in [5.74, 6) is -0.350. The number of rotatable bonds is 3. The number of ether oxygens (including phenoxy) is 1. The highest BCUT2D eigenvalue weighted by Gasteiger charge is 2.05. The van der Waals surface area contributed by atoms with Crippen molar-refractivity contribution in [1.82, 2.24) is 9.78 Å². The van der Waals surface area contributed by atoms with Gasteiger partial charge in [0.1, 0.15) is 6.54 Å². The number of carbonyl (C=O) groups excluding carboxylic acids is 1. The van der Waals surface area contributed by atoms with Crippen LogP contribution < -0.4 is 5.56 Å². The molecular formula is C8H12N2O3. The Balaban J connectivity index is 2.68. The summed E-state index contributed by atoms with van der Waals surface area (Å²) in [7, 11) is 0. The van der Waals surface area contributed by atoms with Gasteiger partial charge in [-0.1, -0.05) is 0 Å². The average molecular weight is 184 g/mol. The lowest BCUT2D eigenvalue weighted by Crippen LogP contribution is -2.16. The standard InChI is InChI=1S/C8H12N2O3/c1-3-13-8(12)5-10-6(2)4-7(11)9-10/h4H,3,5H2,1-2H3,(H,9,11). The van der Waals surface area contributed by atoms with Crippen molar-refractivity contribution in [3.8, 4) is 0 Å². The van der Waals surface area contributed by atoms with Crippen molar-refractivity contribution in [1.29, 1.82) is 0 Å². The molecule has 0 aliphatic heterocycles. The van der Waals surface area contributed by atoms with E-state index in [9.17, 15) is 9.59 Å². The maximum Gasteiger partial charge on any atom is 0.327 e. The van der Waals surface area contributed by atoms with Crippen molar-refractivity contribution in [2.45, 2.75) is 20.4 Å². The topological polar surface area (TPSA) is 64.1 Å². The first kappa shape index (κ1) is 9.57. The van der Waals surface area contributed by atoms with Crippen LogP contribution in [0.1, 0.15) is 12.6 Å². The highest BCUT2D eigenvalue weighted by molar-refractivity contribution is 5.69. The molecule has 0 aliphatic rings. The lowest BCUT2D eigenvalue weighted by atomic mass is 10.5. The van der Waals surface area contributed by atoms with Gasteiger partial charge in [0.05, 0.1) is 6.61 Å². The third kappa shape index (κ3) is 2.47. The van der Waals surface area contributed by atoms with Gasteiger partial charge in [-0.2, -0.15) is 0 Å². The van der Waals surface area contributed by atoms with Crippen LogP contribution in [0.5, 0.6) is 0 Å². The molecule has 0 radical (unpaired) electrons. The lowest BCUT2D eigenvalue weighted by molar-refractivity contribution is -0.144. The monoisotopic (exact) mass is 184 g/mol. The molecule has 0 saturated heterocycles. The molecule has 1 N–H and O–H groups in total. The summed E-state index contributed by atoms with van der Waals surface area (Å²) in [6.45, 7) is 3.89. The smallest absolute Gasteiger partial charge is 0.327 e. The van der Waals surface area contributed by atoms with E-state index < -0.39 is 0 Å². The highest BCUT2D eigenvalue weighted by atomic mass is 16.5. The molecule has 0 saturated carbocycles. The minimum atomic E-state index is -0.350. The molecule has 0 unspecified atom stereocenters. The number of nitrogens with zero attached hydrogens (tertiary/aromatic N) is 1. The largest absolute Gasteiger partial charge is 0.465 e. The lowest BCUT2D eigenvalue weighted by Gasteiger charge is -2.03. The zero-order valence-electron chi connectivity index (χ0n) is 7.66. The average Bonchev–Trinajstić information content (AvgIpc) is 2.30. The first-order chi connectivity index (χ1) is 6.13. The minimum absolute atomic E-state index is 0.0575. The van der Waals surface area contributed by atoms with E-state index in [4.69, 9.17) is 4.74 Å². The van der Waals surface area contributed by atoms with Crippen LogP contribution in [0.25, 0.3) is 0 Å². The Kier molecular flexibility index (Phi) is 2.89. The number of hydrogen-bond donors (Lipinski definition) is 1. The van der Waals surface area contributed by atoms with Gasteiger partial charge in [-0.05, 0) is 13.8 Å². The normalized spacial score (nSPS) is 10.0. The number of aryl methyl sites for hydroxylation is 1. The van der Waals surface area contributed by atoms with Gasteiger partial charge >= 0.3 is 5.97 Å². The fraction of sp³-hybridized carbons (Fsp3) is 0.500. The summed E-state index contributed by atoms with van der Waals surface area (Å²) >= 11 is 0. The Morgan fingerprint density at radius 2 is 2.38 bits per heavy atom. The second kappa shape index (κ2) is 3.93. The predicted molar refractivity (Wildman–Crippen MR) is 46.4 cm³/mol. The summed E-state index contributed by atoms with van der Waals surface area (Å²) in [5, 5.41) is 2.49. The van der Waals surface area contributed by atoms with Gasteiger partial charge in [-0.25, -0.2) is 0 Å². The van der Waals surface area contributed by atoms with Crippen LogP contribution >= 0.6 is 0 Å². The SMILES string of the molecule is CCOC(=O)Cn1[nH]c(=O)cc1C. The van der Waals surface area contributed by atoms with Crippen LogP contribution in [0.2, 0.25) is 0 Å². The molecule has 72 valence electrons. The Morgan fingerprint density at radius 3 is 2.85 bits per heavy atom. The molecule has 1 aromatic rings. The molecule has 0 spiro atoms. The summed E-state index contributed by atoms with van der Waals surface area (Å²) in [6, 6.07) is 1.43. The number of H-pyrrole nitrogens is 1. The van der Waals surface area contributed by atoms with Gasteiger partial charge in [0.25, 0.3) is 5.56 Å². The summed E-state index contributed by atoms with van der Waals surface area (Å²) in [4.78, 5) is 21.8. The van der Waals surface area contributed by atoms with Crippen LogP contribution in [0, 0.1) is 6.92 Å². The van der Waals surface area contributed by atoms with Crippen LogP contribution in [0.3, 0.4) is 0 Å². The molecule has 1 aromatic heterocycles. The van der Waals surface area contributed by atoms with Gasteiger partial charge < -0.3 is 4.74 Å². The van der Waals surface area contributed by atoms with E-state index in [1.54, 1.807) is 13.8 Å². The van der Waals surface area contributed by atoms with Crippen LogP contribution in [0.15, 0.2) is 10.9 Å². The molecule has 13 heavy (non-hydrogen) atoms. The van der Waals surface area contributed by atoms with Gasteiger partial charge in [0.15, 0.2) is 0 Å². The van der Waals surface area contributed by atoms with Crippen LogP contribution in [-0.2, 0) is 16.1 Å². The first-order valence-electron chi connectivity index (χ1n) is 4.05. The van der Waals surface area contributed by atoms with Crippen LogP contribution in [0.4, 0.5) is 0 Å². The fourth-order valence-electron chi connectivity index (χ4n) is 1.02. The van der Waals surface area contributed by atoms with Crippen molar-refractivity contribution in [2.24, 2.45) is 0 Å². The Hall–Kier alpha value is -1.52. The van der Waals surface area contributed by atoms with Gasteiger partial charge in [-0.3, -0.25) is 19.4 Å². The van der Waals surface area contributed by atoms with E-state index in [0.29, 0.717) is 6.61 Å². The van der Waals surface area contributed by atoms with Gasteiger partial charge in [0, 0.05) is 11.8 Å². The molecule has 0 bridgehead atoms. The van der Waals surface area contributed by atoms with E-state index in [0.717, 1.165) is 5.69 Å². The molecule has 0 aromatic carbocycles. The van der Waals surface area contributed by atoms with Crippen molar-refractivity contribution in [3.63, 3.8) is 0 Å². The summed E-state index contributed by atoms with van der Waals surface area (Å²) in [6.07, 6.45) is 0. The Labute approximate surface area is 75.3 Å². The zero-order chi connectivity index (χ0) is 9.84. The van der Waals surface area contributed by atoms with E-state index >= 15 is 0 Å². The number of esters is 1. The van der Waals surface area contributed by atoms with Crippen LogP contribution in [-0.4, -0.2) is 22.4 Å². The Bertz CT molecular complexity index is 351. The maximum absolute atomic E-state index is 11.0. The molecule has 0 atom stereocenters. The third-order valence-electron chi connectivity index (χ3n) is 1.60. The van der Waals surface area contributed by atoms with E-state index in [2.05, 4.69) is 5.10 Å². The second-order valence-electron chi connectivity index (χ2n) is 2.65. The summed E-state index contributed by atoms with van der Waals surface area (Å²) < 4.78 is 6.19.